The van der Waals surface area contributed by atoms with Gasteiger partial charge in [0.25, 0.3) is 0 Å². The first-order valence-electron chi connectivity index (χ1n) is 7.38. The van der Waals surface area contributed by atoms with Crippen LogP contribution in [0.15, 0.2) is 48.5 Å². The Hall–Kier alpha value is -1.93. The minimum absolute atomic E-state index is 0.133. The van der Waals surface area contributed by atoms with E-state index in [0.29, 0.717) is 11.3 Å². The average Bonchev–Trinajstić information content (AvgIpc) is 2.53. The fourth-order valence-corrected chi connectivity index (χ4v) is 2.45. The molecule has 0 saturated carbocycles. The Kier molecular flexibility index (Phi) is 6.08. The third-order valence-corrected chi connectivity index (χ3v) is 3.83. The number of benzene rings is 2. The Bertz CT molecular complexity index is 729. The predicted octanol–water partition coefficient (Wildman–Crippen LogP) is 5.29. The van der Waals surface area contributed by atoms with Gasteiger partial charge in [0.15, 0.2) is 6.10 Å². The first-order chi connectivity index (χ1) is 12.0. The fourth-order valence-electron chi connectivity index (χ4n) is 2.27. The molecule has 0 aliphatic rings. The number of aliphatic hydroxyl groups is 1. The van der Waals surface area contributed by atoms with Crippen molar-refractivity contribution in [1.82, 2.24) is 0 Å². The molecule has 2 nitrogen and oxygen atoms in total. The van der Waals surface area contributed by atoms with Gasteiger partial charge in [0.1, 0.15) is 0 Å². The molecule has 9 heteroatoms. The molecule has 2 rings (SSSR count). The van der Waals surface area contributed by atoms with Gasteiger partial charge in [0.05, 0.1) is 12.1 Å². The molecule has 0 amide bonds. The van der Waals surface area contributed by atoms with Gasteiger partial charge >= 0.3 is 12.4 Å². The number of hydrogen-bond acceptors (Lipinski definition) is 2. The van der Waals surface area contributed by atoms with Crippen molar-refractivity contribution in [1.29, 1.82) is 0 Å². The fraction of sp³-hybridized carbons (Fsp3) is 0.294. The molecule has 0 saturated heterocycles. The summed E-state index contributed by atoms with van der Waals surface area (Å²) in [5.41, 5.74) is -0.195. The van der Waals surface area contributed by atoms with Gasteiger partial charge in [-0.25, -0.2) is 0 Å². The normalized spacial score (nSPS) is 13.5. The second-order valence-electron chi connectivity index (χ2n) is 5.61. The zero-order valence-electron chi connectivity index (χ0n) is 13.2. The van der Waals surface area contributed by atoms with E-state index in [2.05, 4.69) is 0 Å². The number of halogens is 7. The first kappa shape index (κ1) is 20.4. The standard InChI is InChI=1S/C17H14ClF6NO/c18-13-2-1-3-14(8-13)25(10-15(26)17(22,23)24)9-11-4-6-12(7-5-11)16(19,20)21/h1-8,15,26H,9-10H2. The van der Waals surface area contributed by atoms with E-state index in [1.807, 2.05) is 0 Å². The van der Waals surface area contributed by atoms with E-state index in [1.54, 1.807) is 0 Å². The van der Waals surface area contributed by atoms with Crippen molar-refractivity contribution >= 4 is 17.3 Å². The summed E-state index contributed by atoms with van der Waals surface area (Å²) in [6, 6.07) is 10.0. The van der Waals surface area contributed by atoms with Gasteiger partial charge in [0.2, 0.25) is 0 Å². The molecule has 2 aromatic rings. The van der Waals surface area contributed by atoms with Crippen molar-refractivity contribution in [3.8, 4) is 0 Å². The Morgan fingerprint density at radius 2 is 1.58 bits per heavy atom. The number of hydrogen-bond donors (Lipinski definition) is 1. The number of aliphatic hydroxyl groups excluding tert-OH is 1. The number of rotatable bonds is 5. The summed E-state index contributed by atoms with van der Waals surface area (Å²) in [6.07, 6.45) is -11.9. The van der Waals surface area contributed by atoms with Gasteiger partial charge < -0.3 is 10.0 Å². The molecule has 0 aromatic heterocycles. The molecule has 0 bridgehead atoms. The second kappa shape index (κ2) is 7.75. The lowest BCUT2D eigenvalue weighted by Gasteiger charge is -2.28. The Morgan fingerprint density at radius 3 is 2.08 bits per heavy atom. The lowest BCUT2D eigenvalue weighted by atomic mass is 10.1. The summed E-state index contributed by atoms with van der Waals surface area (Å²) in [5.74, 6) is 0. The summed E-state index contributed by atoms with van der Waals surface area (Å²) < 4.78 is 75.9. The summed E-state index contributed by atoms with van der Waals surface area (Å²) in [5, 5.41) is 9.65. The minimum atomic E-state index is -4.82. The third kappa shape index (κ3) is 5.54. The van der Waals surface area contributed by atoms with E-state index >= 15 is 0 Å². The van der Waals surface area contributed by atoms with E-state index in [1.165, 1.54) is 41.3 Å². The van der Waals surface area contributed by atoms with Crippen LogP contribution in [0.25, 0.3) is 0 Å². The van der Waals surface area contributed by atoms with E-state index < -0.39 is 30.6 Å². The van der Waals surface area contributed by atoms with Crippen LogP contribution in [-0.2, 0) is 12.7 Å². The zero-order valence-corrected chi connectivity index (χ0v) is 13.9. The van der Waals surface area contributed by atoms with Crippen LogP contribution in [0, 0.1) is 0 Å². The average molecular weight is 398 g/mol. The van der Waals surface area contributed by atoms with Crippen molar-refractivity contribution in [3.05, 3.63) is 64.7 Å². The highest BCUT2D eigenvalue weighted by molar-refractivity contribution is 6.30. The van der Waals surface area contributed by atoms with Crippen molar-refractivity contribution < 1.29 is 31.4 Å². The predicted molar refractivity (Wildman–Crippen MR) is 86.0 cm³/mol. The van der Waals surface area contributed by atoms with E-state index in [0.717, 1.165) is 12.1 Å². The van der Waals surface area contributed by atoms with Crippen LogP contribution in [0.1, 0.15) is 11.1 Å². The Labute approximate surface area is 150 Å². The van der Waals surface area contributed by atoms with Crippen molar-refractivity contribution in [3.63, 3.8) is 0 Å². The smallest absolute Gasteiger partial charge is 0.382 e. The van der Waals surface area contributed by atoms with Gasteiger partial charge in [-0.05, 0) is 35.9 Å². The molecule has 0 aliphatic carbocycles. The number of anilines is 1. The summed E-state index contributed by atoms with van der Waals surface area (Å²) in [6.45, 7) is -0.920. The minimum Gasteiger partial charge on any atom is -0.382 e. The van der Waals surface area contributed by atoms with Crippen LogP contribution in [0.3, 0.4) is 0 Å². The van der Waals surface area contributed by atoms with Gasteiger partial charge in [0, 0.05) is 17.3 Å². The van der Waals surface area contributed by atoms with Crippen LogP contribution in [0.5, 0.6) is 0 Å². The van der Waals surface area contributed by atoms with E-state index in [9.17, 15) is 31.4 Å². The number of alkyl halides is 6. The largest absolute Gasteiger partial charge is 0.416 e. The first-order valence-corrected chi connectivity index (χ1v) is 7.76. The summed E-state index contributed by atoms with van der Waals surface area (Å²) >= 11 is 5.85. The van der Waals surface area contributed by atoms with Crippen LogP contribution >= 0.6 is 11.6 Å². The number of nitrogens with zero attached hydrogens (tertiary/aromatic N) is 1. The Morgan fingerprint density at radius 1 is 0.962 bits per heavy atom. The van der Waals surface area contributed by atoms with Crippen LogP contribution in [0.4, 0.5) is 32.0 Å². The summed E-state index contributed by atoms with van der Waals surface area (Å²) in [4.78, 5) is 1.20. The van der Waals surface area contributed by atoms with Crippen molar-refractivity contribution in [2.24, 2.45) is 0 Å². The molecule has 0 heterocycles. The van der Waals surface area contributed by atoms with Crippen LogP contribution < -0.4 is 4.90 Å². The zero-order chi connectivity index (χ0) is 19.5. The molecule has 0 spiro atoms. The lowest BCUT2D eigenvalue weighted by molar-refractivity contribution is -0.200. The topological polar surface area (TPSA) is 23.5 Å². The molecule has 1 N–H and O–H groups in total. The van der Waals surface area contributed by atoms with Crippen LogP contribution in [-0.4, -0.2) is 23.9 Å². The van der Waals surface area contributed by atoms with E-state index in [-0.39, 0.29) is 11.6 Å². The van der Waals surface area contributed by atoms with Gasteiger partial charge in [-0.15, -0.1) is 0 Å². The molecule has 142 valence electrons. The molecule has 0 fully saturated rings. The second-order valence-corrected chi connectivity index (χ2v) is 6.05. The highest BCUT2D eigenvalue weighted by Gasteiger charge is 2.39. The molecule has 0 radical (unpaired) electrons. The molecular formula is C17H14ClF6NO. The monoisotopic (exact) mass is 397 g/mol. The highest BCUT2D eigenvalue weighted by atomic mass is 35.5. The SMILES string of the molecule is OC(CN(Cc1ccc(C(F)(F)F)cc1)c1cccc(Cl)c1)C(F)(F)F. The van der Waals surface area contributed by atoms with Crippen LogP contribution in [0.2, 0.25) is 5.02 Å². The van der Waals surface area contributed by atoms with Crippen molar-refractivity contribution in [2.45, 2.75) is 25.0 Å². The molecule has 2 aromatic carbocycles. The van der Waals surface area contributed by atoms with Gasteiger partial charge in [-0.1, -0.05) is 29.8 Å². The molecular weight excluding hydrogens is 384 g/mol. The van der Waals surface area contributed by atoms with Gasteiger partial charge in [-0.2, -0.15) is 26.3 Å². The third-order valence-electron chi connectivity index (χ3n) is 3.60. The molecule has 1 unspecified atom stereocenters. The Balaban J connectivity index is 2.26. The maximum atomic E-state index is 12.7. The molecule has 1 atom stereocenters. The summed E-state index contributed by atoms with van der Waals surface area (Å²) in [7, 11) is 0. The van der Waals surface area contributed by atoms with Crippen molar-refractivity contribution in [2.75, 3.05) is 11.4 Å². The van der Waals surface area contributed by atoms with Gasteiger partial charge in [-0.3, -0.25) is 0 Å². The maximum absolute atomic E-state index is 12.7. The molecule has 26 heavy (non-hydrogen) atoms. The lowest BCUT2D eigenvalue weighted by Crippen LogP contribution is -2.40. The maximum Gasteiger partial charge on any atom is 0.416 e. The highest BCUT2D eigenvalue weighted by Crippen LogP contribution is 2.30. The quantitative estimate of drug-likeness (QED) is 0.693. The van der Waals surface area contributed by atoms with E-state index in [4.69, 9.17) is 11.6 Å². The molecule has 0 aliphatic heterocycles.